The van der Waals surface area contributed by atoms with Crippen LogP contribution in [-0.2, 0) is 14.3 Å². The van der Waals surface area contributed by atoms with Crippen LogP contribution in [-0.4, -0.2) is 67.1 Å². The molecule has 1 saturated heterocycles. The van der Waals surface area contributed by atoms with Crippen LogP contribution in [0, 0.1) is 0 Å². The Hall–Kier alpha value is -0.690. The number of morpholine rings is 1. The average molecular weight is 246 g/mol. The summed E-state index contributed by atoms with van der Waals surface area (Å²) in [6, 6.07) is 0. The first kappa shape index (κ1) is 14.4. The second kappa shape index (κ2) is 6.30. The van der Waals surface area contributed by atoms with Crippen molar-refractivity contribution < 1.29 is 19.4 Å². The third-order valence-corrected chi connectivity index (χ3v) is 2.53. The number of amides is 1. The van der Waals surface area contributed by atoms with Gasteiger partial charge in [0.25, 0.3) is 0 Å². The summed E-state index contributed by atoms with van der Waals surface area (Å²) in [7, 11) is 0. The van der Waals surface area contributed by atoms with Crippen molar-refractivity contribution in [2.45, 2.75) is 25.6 Å². The molecule has 1 atom stereocenters. The number of nitrogens with zero attached hydrogens (tertiary/aromatic N) is 1. The van der Waals surface area contributed by atoms with Crippen LogP contribution in [0.5, 0.6) is 0 Å². The molecular formula is C11H22N2O4. The monoisotopic (exact) mass is 246 g/mol. The fourth-order valence-electron chi connectivity index (χ4n) is 1.91. The number of ether oxygens (including phenoxy) is 2. The summed E-state index contributed by atoms with van der Waals surface area (Å²) < 4.78 is 10.7. The number of carbonyl (C=O) groups excluding carboxylic acids is 1. The maximum absolute atomic E-state index is 11.8. The van der Waals surface area contributed by atoms with Gasteiger partial charge in [0.1, 0.15) is 6.61 Å². The molecule has 1 aliphatic rings. The van der Waals surface area contributed by atoms with E-state index in [1.54, 1.807) is 4.90 Å². The number of hydrogen-bond acceptors (Lipinski definition) is 5. The van der Waals surface area contributed by atoms with Gasteiger partial charge in [0.2, 0.25) is 5.91 Å². The van der Waals surface area contributed by atoms with Gasteiger partial charge in [-0.05, 0) is 13.8 Å². The Bertz CT molecular complexity index is 258. The highest BCUT2D eigenvalue weighted by atomic mass is 16.5. The fourth-order valence-corrected chi connectivity index (χ4v) is 1.91. The van der Waals surface area contributed by atoms with Gasteiger partial charge in [0, 0.05) is 19.6 Å². The number of rotatable bonds is 5. The van der Waals surface area contributed by atoms with Crippen molar-refractivity contribution in [1.82, 2.24) is 4.90 Å². The number of nitrogens with two attached hydrogens (primary N) is 1. The van der Waals surface area contributed by atoms with E-state index in [0.717, 1.165) is 0 Å². The Balaban J connectivity index is 2.48. The summed E-state index contributed by atoms with van der Waals surface area (Å²) in [6.07, 6.45) is -0.322. The van der Waals surface area contributed by atoms with Gasteiger partial charge >= 0.3 is 0 Å². The molecule has 0 aromatic heterocycles. The molecule has 1 aliphatic heterocycles. The van der Waals surface area contributed by atoms with Crippen molar-refractivity contribution in [2.24, 2.45) is 5.73 Å². The van der Waals surface area contributed by atoms with Gasteiger partial charge in [-0.2, -0.15) is 0 Å². The zero-order chi connectivity index (χ0) is 12.9. The molecular weight excluding hydrogens is 224 g/mol. The van der Waals surface area contributed by atoms with Crippen LogP contribution in [0.1, 0.15) is 13.8 Å². The Morgan fingerprint density at radius 3 is 2.94 bits per heavy atom. The van der Waals surface area contributed by atoms with Crippen molar-refractivity contribution in [2.75, 3.05) is 39.5 Å². The summed E-state index contributed by atoms with van der Waals surface area (Å²) in [5, 5.41) is 9.13. The molecule has 17 heavy (non-hydrogen) atoms. The SMILES string of the molecule is CC1(C)CN(C(=O)COCCN)CC(CO)O1. The van der Waals surface area contributed by atoms with Crippen LogP contribution < -0.4 is 5.73 Å². The van der Waals surface area contributed by atoms with Crippen molar-refractivity contribution in [1.29, 1.82) is 0 Å². The van der Waals surface area contributed by atoms with Gasteiger partial charge < -0.3 is 25.2 Å². The molecule has 1 fully saturated rings. The van der Waals surface area contributed by atoms with Crippen LogP contribution in [0.15, 0.2) is 0 Å². The van der Waals surface area contributed by atoms with Gasteiger partial charge in [0.15, 0.2) is 0 Å². The van der Waals surface area contributed by atoms with E-state index in [1.807, 2.05) is 13.8 Å². The van der Waals surface area contributed by atoms with E-state index >= 15 is 0 Å². The lowest BCUT2D eigenvalue weighted by molar-refractivity contribution is -0.169. The van der Waals surface area contributed by atoms with Crippen LogP contribution in [0.4, 0.5) is 0 Å². The topological polar surface area (TPSA) is 85.0 Å². The fraction of sp³-hybridized carbons (Fsp3) is 0.909. The standard InChI is InChI=1S/C11H22N2O4/c1-11(2)8-13(5-9(6-14)17-11)10(15)7-16-4-3-12/h9,14H,3-8,12H2,1-2H3. The highest BCUT2D eigenvalue weighted by Gasteiger charge is 2.35. The third kappa shape index (κ3) is 4.59. The van der Waals surface area contributed by atoms with Gasteiger partial charge in [-0.25, -0.2) is 0 Å². The van der Waals surface area contributed by atoms with Crippen LogP contribution >= 0.6 is 0 Å². The number of aliphatic hydroxyl groups is 1. The minimum absolute atomic E-state index is 0.0332. The maximum Gasteiger partial charge on any atom is 0.248 e. The molecule has 0 radical (unpaired) electrons. The average Bonchev–Trinajstić information content (AvgIpc) is 2.27. The van der Waals surface area contributed by atoms with Crippen molar-refractivity contribution in [3.8, 4) is 0 Å². The zero-order valence-corrected chi connectivity index (χ0v) is 10.5. The third-order valence-electron chi connectivity index (χ3n) is 2.53. The molecule has 1 rings (SSSR count). The van der Waals surface area contributed by atoms with E-state index in [2.05, 4.69) is 0 Å². The highest BCUT2D eigenvalue weighted by Crippen LogP contribution is 2.20. The first-order valence-electron chi connectivity index (χ1n) is 5.83. The smallest absolute Gasteiger partial charge is 0.248 e. The molecule has 1 amide bonds. The molecule has 0 aromatic carbocycles. The molecule has 6 nitrogen and oxygen atoms in total. The lowest BCUT2D eigenvalue weighted by atomic mass is 10.1. The van der Waals surface area contributed by atoms with Crippen molar-refractivity contribution in [3.05, 3.63) is 0 Å². The van der Waals surface area contributed by atoms with Gasteiger partial charge in [-0.1, -0.05) is 0 Å². The predicted molar refractivity (Wildman–Crippen MR) is 62.5 cm³/mol. The van der Waals surface area contributed by atoms with Crippen molar-refractivity contribution >= 4 is 5.91 Å². The van der Waals surface area contributed by atoms with Gasteiger partial charge in [-0.15, -0.1) is 0 Å². The van der Waals surface area contributed by atoms with E-state index < -0.39 is 5.60 Å². The Kier molecular flexibility index (Phi) is 5.32. The zero-order valence-electron chi connectivity index (χ0n) is 10.5. The normalized spacial score (nSPS) is 23.8. The van der Waals surface area contributed by atoms with Crippen molar-refractivity contribution in [3.63, 3.8) is 0 Å². The summed E-state index contributed by atoms with van der Waals surface area (Å²) in [5.41, 5.74) is 4.84. The molecule has 0 aliphatic carbocycles. The highest BCUT2D eigenvalue weighted by molar-refractivity contribution is 5.77. The van der Waals surface area contributed by atoms with E-state index in [0.29, 0.717) is 26.2 Å². The Morgan fingerprint density at radius 1 is 1.65 bits per heavy atom. The van der Waals surface area contributed by atoms with Gasteiger partial charge in [0.05, 0.1) is 24.9 Å². The van der Waals surface area contributed by atoms with E-state index in [-0.39, 0.29) is 25.2 Å². The maximum atomic E-state index is 11.8. The van der Waals surface area contributed by atoms with Crippen LogP contribution in [0.25, 0.3) is 0 Å². The molecule has 100 valence electrons. The lowest BCUT2D eigenvalue weighted by Gasteiger charge is -2.42. The predicted octanol–water partition coefficient (Wildman–Crippen LogP) is -1.04. The lowest BCUT2D eigenvalue weighted by Crippen LogP contribution is -2.56. The molecule has 0 aromatic rings. The van der Waals surface area contributed by atoms with E-state index in [1.165, 1.54) is 0 Å². The summed E-state index contributed by atoms with van der Waals surface area (Å²) in [4.78, 5) is 13.5. The summed E-state index contributed by atoms with van der Waals surface area (Å²) in [5.74, 6) is -0.0896. The summed E-state index contributed by atoms with van der Waals surface area (Å²) in [6.45, 7) is 5.44. The van der Waals surface area contributed by atoms with Crippen LogP contribution in [0.3, 0.4) is 0 Å². The number of hydrogen-bond donors (Lipinski definition) is 2. The summed E-state index contributed by atoms with van der Waals surface area (Å²) >= 11 is 0. The molecule has 1 unspecified atom stereocenters. The molecule has 0 saturated carbocycles. The Morgan fingerprint density at radius 2 is 2.35 bits per heavy atom. The number of carbonyl (C=O) groups is 1. The number of aliphatic hydroxyl groups excluding tert-OH is 1. The van der Waals surface area contributed by atoms with E-state index in [9.17, 15) is 4.79 Å². The first-order chi connectivity index (χ1) is 7.98. The molecule has 1 heterocycles. The quantitative estimate of drug-likeness (QED) is 0.605. The molecule has 6 heteroatoms. The minimum Gasteiger partial charge on any atom is -0.394 e. The Labute approximate surface area is 102 Å². The first-order valence-corrected chi connectivity index (χ1v) is 5.83. The second-order valence-electron chi connectivity index (χ2n) is 4.80. The van der Waals surface area contributed by atoms with E-state index in [4.69, 9.17) is 20.3 Å². The molecule has 0 bridgehead atoms. The molecule has 3 N–H and O–H groups in total. The minimum atomic E-state index is -0.435. The van der Waals surface area contributed by atoms with Gasteiger partial charge in [-0.3, -0.25) is 4.79 Å². The van der Waals surface area contributed by atoms with Crippen LogP contribution in [0.2, 0.25) is 0 Å². The second-order valence-corrected chi connectivity index (χ2v) is 4.80. The molecule has 0 spiro atoms. The largest absolute Gasteiger partial charge is 0.394 e.